The fraction of sp³-hybridized carbons (Fsp3) is 0.625. The molecule has 0 saturated carbocycles. The summed E-state index contributed by atoms with van der Waals surface area (Å²) in [6.45, 7) is 1.32. The van der Waals surface area contributed by atoms with Crippen molar-refractivity contribution in [1.82, 2.24) is 0 Å². The number of ether oxygens (including phenoxy) is 3. The maximum atomic E-state index is 6.27. The predicted molar refractivity (Wildman–Crippen MR) is 87.6 cm³/mol. The Labute approximate surface area is 131 Å². The van der Waals surface area contributed by atoms with E-state index in [4.69, 9.17) is 19.9 Å². The van der Waals surface area contributed by atoms with E-state index < -0.39 is 0 Å². The van der Waals surface area contributed by atoms with Gasteiger partial charge in [-0.2, -0.15) is 11.8 Å². The molecule has 1 fully saturated rings. The highest BCUT2D eigenvalue weighted by atomic mass is 32.2. The van der Waals surface area contributed by atoms with Gasteiger partial charge in [0.05, 0.1) is 13.7 Å². The minimum absolute atomic E-state index is 0.237. The molecule has 2 unspecified atom stereocenters. The van der Waals surface area contributed by atoms with Crippen LogP contribution in [0.2, 0.25) is 0 Å². The Bertz CT molecular complexity index is 442. The van der Waals surface area contributed by atoms with Crippen LogP contribution in [0, 0.1) is 0 Å². The van der Waals surface area contributed by atoms with Crippen LogP contribution in [0.3, 0.4) is 0 Å². The summed E-state index contributed by atoms with van der Waals surface area (Å²) in [5.74, 6) is 4.21. The van der Waals surface area contributed by atoms with Crippen LogP contribution in [0.25, 0.3) is 0 Å². The van der Waals surface area contributed by atoms with Crippen LogP contribution in [-0.4, -0.2) is 45.0 Å². The normalized spacial score (nSPS) is 22.0. The monoisotopic (exact) mass is 311 g/mol. The lowest BCUT2D eigenvalue weighted by Gasteiger charge is -2.29. The Hall–Kier alpha value is -0.910. The lowest BCUT2D eigenvalue weighted by atomic mass is 9.91. The van der Waals surface area contributed by atoms with E-state index in [2.05, 4.69) is 12.1 Å². The number of nitrogens with two attached hydrogens (primary N) is 1. The second-order valence-electron chi connectivity index (χ2n) is 5.24. The molecule has 118 valence electrons. The molecular formula is C16H25NO3S. The summed E-state index contributed by atoms with van der Waals surface area (Å²) >= 11 is 1.97. The molecule has 0 aromatic heterocycles. The van der Waals surface area contributed by atoms with E-state index in [0.717, 1.165) is 35.8 Å². The minimum Gasteiger partial charge on any atom is -0.493 e. The first-order valence-corrected chi connectivity index (χ1v) is 8.54. The molecule has 1 aliphatic rings. The van der Waals surface area contributed by atoms with Gasteiger partial charge in [0.2, 0.25) is 0 Å². The largest absolute Gasteiger partial charge is 0.493 e. The zero-order chi connectivity index (χ0) is 15.1. The average molecular weight is 311 g/mol. The molecule has 1 aromatic carbocycles. The fourth-order valence-corrected chi connectivity index (χ4v) is 3.82. The van der Waals surface area contributed by atoms with Crippen molar-refractivity contribution in [2.45, 2.75) is 24.8 Å². The molecule has 2 N–H and O–H groups in total. The molecule has 0 amide bonds. The van der Waals surface area contributed by atoms with Gasteiger partial charge in [-0.1, -0.05) is 6.07 Å². The number of rotatable bonds is 7. The lowest BCUT2D eigenvalue weighted by Crippen LogP contribution is -2.33. The van der Waals surface area contributed by atoms with Crippen molar-refractivity contribution in [1.29, 1.82) is 0 Å². The van der Waals surface area contributed by atoms with Crippen molar-refractivity contribution in [2.75, 3.05) is 38.9 Å². The van der Waals surface area contributed by atoms with Crippen molar-refractivity contribution in [3.8, 4) is 11.5 Å². The fourth-order valence-electron chi connectivity index (χ4n) is 2.52. The van der Waals surface area contributed by atoms with Gasteiger partial charge in [-0.25, -0.2) is 0 Å². The van der Waals surface area contributed by atoms with E-state index in [-0.39, 0.29) is 6.04 Å². The molecular weight excluding hydrogens is 286 g/mol. The summed E-state index contributed by atoms with van der Waals surface area (Å²) in [6.07, 6.45) is 1.94. The summed E-state index contributed by atoms with van der Waals surface area (Å²) in [4.78, 5) is 0. The van der Waals surface area contributed by atoms with Crippen molar-refractivity contribution < 1.29 is 14.2 Å². The topological polar surface area (TPSA) is 53.7 Å². The number of hydrogen-bond acceptors (Lipinski definition) is 5. The van der Waals surface area contributed by atoms with E-state index >= 15 is 0 Å². The molecule has 0 spiro atoms. The van der Waals surface area contributed by atoms with E-state index in [0.29, 0.717) is 19.1 Å². The Morgan fingerprint density at radius 2 is 2.10 bits per heavy atom. The second-order valence-corrected chi connectivity index (χ2v) is 6.39. The van der Waals surface area contributed by atoms with Gasteiger partial charge in [-0.15, -0.1) is 0 Å². The Kier molecular flexibility index (Phi) is 6.67. The molecule has 1 aromatic rings. The molecule has 2 rings (SSSR count). The average Bonchev–Trinajstić information content (AvgIpc) is 2.52. The number of methoxy groups -OCH3 is 2. The third-order valence-corrected chi connectivity index (χ3v) is 4.90. The maximum absolute atomic E-state index is 6.27. The molecule has 5 heteroatoms. The smallest absolute Gasteiger partial charge is 0.161 e. The van der Waals surface area contributed by atoms with E-state index in [1.807, 2.05) is 17.8 Å². The molecule has 1 saturated heterocycles. The zero-order valence-corrected chi connectivity index (χ0v) is 13.7. The van der Waals surface area contributed by atoms with Crippen LogP contribution < -0.4 is 15.2 Å². The third-order valence-electron chi connectivity index (χ3n) is 3.78. The van der Waals surface area contributed by atoms with Crippen LogP contribution in [0.4, 0.5) is 0 Å². The van der Waals surface area contributed by atoms with Gasteiger partial charge >= 0.3 is 0 Å². The van der Waals surface area contributed by atoms with Gasteiger partial charge in [0.15, 0.2) is 11.5 Å². The summed E-state index contributed by atoms with van der Waals surface area (Å²) < 4.78 is 16.3. The van der Waals surface area contributed by atoms with Gasteiger partial charge in [-0.05, 0) is 29.9 Å². The molecule has 2 atom stereocenters. The van der Waals surface area contributed by atoms with Crippen LogP contribution in [0.15, 0.2) is 18.2 Å². The van der Waals surface area contributed by atoms with Crippen LogP contribution >= 0.6 is 11.8 Å². The number of thioether (sulfide) groups is 1. The van der Waals surface area contributed by atoms with Crippen molar-refractivity contribution in [2.24, 2.45) is 5.73 Å². The first-order valence-electron chi connectivity index (χ1n) is 7.39. The van der Waals surface area contributed by atoms with Crippen LogP contribution in [0.1, 0.15) is 24.3 Å². The Balaban J connectivity index is 2.08. The zero-order valence-electron chi connectivity index (χ0n) is 12.8. The molecule has 21 heavy (non-hydrogen) atoms. The number of benzene rings is 1. The van der Waals surface area contributed by atoms with Crippen molar-refractivity contribution in [3.05, 3.63) is 23.8 Å². The SMILES string of the molecule is COCCCOc1cc(C2CSCCC2N)ccc1OC. The molecule has 0 bridgehead atoms. The maximum Gasteiger partial charge on any atom is 0.161 e. The molecule has 4 nitrogen and oxygen atoms in total. The summed E-state index contributed by atoms with van der Waals surface area (Å²) in [6, 6.07) is 6.41. The van der Waals surface area contributed by atoms with E-state index in [1.165, 1.54) is 5.56 Å². The number of hydrogen-bond donors (Lipinski definition) is 1. The van der Waals surface area contributed by atoms with Crippen LogP contribution in [-0.2, 0) is 4.74 Å². The molecule has 0 aliphatic carbocycles. The van der Waals surface area contributed by atoms with Crippen molar-refractivity contribution >= 4 is 11.8 Å². The predicted octanol–water partition coefficient (Wildman–Crippen LogP) is 2.66. The quantitative estimate of drug-likeness (QED) is 0.785. The van der Waals surface area contributed by atoms with Gasteiger partial charge < -0.3 is 19.9 Å². The first-order chi connectivity index (χ1) is 10.3. The lowest BCUT2D eigenvalue weighted by molar-refractivity contribution is 0.170. The van der Waals surface area contributed by atoms with E-state index in [1.54, 1.807) is 14.2 Å². The van der Waals surface area contributed by atoms with Crippen molar-refractivity contribution in [3.63, 3.8) is 0 Å². The van der Waals surface area contributed by atoms with Gasteiger partial charge in [0.1, 0.15) is 0 Å². The minimum atomic E-state index is 0.237. The van der Waals surface area contributed by atoms with Crippen LogP contribution in [0.5, 0.6) is 11.5 Å². The summed E-state index contributed by atoms with van der Waals surface area (Å²) in [7, 11) is 3.36. The third kappa shape index (κ3) is 4.53. The highest BCUT2D eigenvalue weighted by Gasteiger charge is 2.24. The Morgan fingerprint density at radius 1 is 1.24 bits per heavy atom. The first kappa shape index (κ1) is 16.5. The van der Waals surface area contributed by atoms with Gasteiger partial charge in [-0.3, -0.25) is 0 Å². The second kappa shape index (κ2) is 8.51. The van der Waals surface area contributed by atoms with Gasteiger partial charge in [0.25, 0.3) is 0 Å². The van der Waals surface area contributed by atoms with E-state index in [9.17, 15) is 0 Å². The highest BCUT2D eigenvalue weighted by Crippen LogP contribution is 2.36. The highest BCUT2D eigenvalue weighted by molar-refractivity contribution is 7.99. The van der Waals surface area contributed by atoms with Gasteiger partial charge in [0, 0.05) is 37.9 Å². The molecule has 0 radical (unpaired) electrons. The summed E-state index contributed by atoms with van der Waals surface area (Å²) in [5.41, 5.74) is 7.52. The Morgan fingerprint density at radius 3 is 2.81 bits per heavy atom. The molecule has 1 aliphatic heterocycles. The summed E-state index contributed by atoms with van der Waals surface area (Å²) in [5, 5.41) is 0. The molecule has 1 heterocycles. The standard InChI is InChI=1S/C16H25NO3S/c1-18-7-3-8-20-16-10-12(4-5-15(16)19-2)13-11-21-9-6-14(13)17/h4-5,10,13-14H,3,6-9,11,17H2,1-2H3.